The van der Waals surface area contributed by atoms with Crippen molar-refractivity contribution in [2.45, 2.75) is 27.7 Å². The second-order valence-electron chi connectivity index (χ2n) is 5.17. The molecular formula is C17H20N2S. The normalized spacial score (nSPS) is 10.2. The molecule has 0 amide bonds. The van der Waals surface area contributed by atoms with Gasteiger partial charge in [-0.15, -0.1) is 0 Å². The van der Waals surface area contributed by atoms with E-state index in [0.717, 1.165) is 11.4 Å². The Morgan fingerprint density at radius 2 is 1.45 bits per heavy atom. The molecule has 20 heavy (non-hydrogen) atoms. The van der Waals surface area contributed by atoms with E-state index in [1.165, 1.54) is 22.3 Å². The maximum atomic E-state index is 5.41. The molecule has 0 aliphatic carbocycles. The summed E-state index contributed by atoms with van der Waals surface area (Å²) in [5.74, 6) is 0. The predicted molar refractivity (Wildman–Crippen MR) is 91.7 cm³/mol. The van der Waals surface area contributed by atoms with Crippen molar-refractivity contribution in [3.05, 3.63) is 58.7 Å². The average Bonchev–Trinajstić information content (AvgIpc) is 2.36. The molecule has 0 saturated heterocycles. The standard InChI is InChI=1S/C17H20N2S/c1-11-9-13(3)16(14(4)10-11)19-17(20)18-15-8-6-5-7-12(15)2/h5-10H,1-4H3,(H2,18,19,20). The van der Waals surface area contributed by atoms with E-state index in [1.807, 2.05) is 18.2 Å². The van der Waals surface area contributed by atoms with Crippen LogP contribution in [0.25, 0.3) is 0 Å². The number of aryl methyl sites for hydroxylation is 4. The summed E-state index contributed by atoms with van der Waals surface area (Å²) >= 11 is 5.41. The summed E-state index contributed by atoms with van der Waals surface area (Å²) in [6.45, 7) is 8.36. The Bertz CT molecular complexity index is 624. The molecule has 0 bridgehead atoms. The summed E-state index contributed by atoms with van der Waals surface area (Å²) in [5, 5.41) is 7.17. The average molecular weight is 284 g/mol. The maximum Gasteiger partial charge on any atom is 0.175 e. The first kappa shape index (κ1) is 14.5. The Morgan fingerprint density at radius 3 is 2.05 bits per heavy atom. The Morgan fingerprint density at radius 1 is 0.850 bits per heavy atom. The SMILES string of the molecule is Cc1cc(C)c(NC(=S)Nc2ccccc2C)c(C)c1. The van der Waals surface area contributed by atoms with Crippen molar-refractivity contribution in [3.63, 3.8) is 0 Å². The van der Waals surface area contributed by atoms with Gasteiger partial charge in [0.1, 0.15) is 0 Å². The Labute approximate surface area is 126 Å². The van der Waals surface area contributed by atoms with Crippen LogP contribution in [0.1, 0.15) is 22.3 Å². The first-order valence-electron chi connectivity index (χ1n) is 6.69. The summed E-state index contributed by atoms with van der Waals surface area (Å²) in [4.78, 5) is 0. The van der Waals surface area contributed by atoms with E-state index >= 15 is 0 Å². The molecule has 0 saturated carbocycles. The second-order valence-corrected chi connectivity index (χ2v) is 5.58. The number of para-hydroxylation sites is 1. The zero-order valence-corrected chi connectivity index (χ0v) is 13.2. The first-order valence-corrected chi connectivity index (χ1v) is 7.09. The van der Waals surface area contributed by atoms with Crippen LogP contribution >= 0.6 is 12.2 Å². The molecule has 104 valence electrons. The quantitative estimate of drug-likeness (QED) is 0.780. The van der Waals surface area contributed by atoms with Crippen molar-refractivity contribution in [1.29, 1.82) is 0 Å². The van der Waals surface area contributed by atoms with Gasteiger partial charge in [-0.2, -0.15) is 0 Å². The molecule has 2 N–H and O–H groups in total. The van der Waals surface area contributed by atoms with Crippen molar-refractivity contribution >= 4 is 28.7 Å². The van der Waals surface area contributed by atoms with Crippen LogP contribution in [0.4, 0.5) is 11.4 Å². The lowest BCUT2D eigenvalue weighted by molar-refractivity contribution is 1.32. The molecule has 2 aromatic rings. The number of anilines is 2. The molecule has 0 unspecified atom stereocenters. The van der Waals surface area contributed by atoms with Crippen molar-refractivity contribution in [1.82, 2.24) is 0 Å². The zero-order chi connectivity index (χ0) is 14.7. The monoisotopic (exact) mass is 284 g/mol. The van der Waals surface area contributed by atoms with Gasteiger partial charge in [0.25, 0.3) is 0 Å². The number of rotatable bonds is 2. The van der Waals surface area contributed by atoms with Gasteiger partial charge in [-0.25, -0.2) is 0 Å². The fourth-order valence-electron chi connectivity index (χ4n) is 2.36. The van der Waals surface area contributed by atoms with Gasteiger partial charge in [0.05, 0.1) is 0 Å². The Hall–Kier alpha value is -1.87. The van der Waals surface area contributed by atoms with Gasteiger partial charge < -0.3 is 10.6 Å². The molecule has 0 radical (unpaired) electrons. The molecule has 2 aromatic carbocycles. The van der Waals surface area contributed by atoms with Crippen LogP contribution < -0.4 is 10.6 Å². The minimum absolute atomic E-state index is 0.620. The highest BCUT2D eigenvalue weighted by Gasteiger charge is 2.06. The van der Waals surface area contributed by atoms with Gasteiger partial charge in [0.15, 0.2) is 5.11 Å². The summed E-state index contributed by atoms with van der Waals surface area (Å²) in [6.07, 6.45) is 0. The Balaban J connectivity index is 2.15. The third kappa shape index (κ3) is 3.36. The van der Waals surface area contributed by atoms with E-state index in [-0.39, 0.29) is 0 Å². The lowest BCUT2D eigenvalue weighted by Gasteiger charge is -2.16. The highest BCUT2D eigenvalue weighted by Crippen LogP contribution is 2.22. The molecule has 3 heteroatoms. The third-order valence-corrected chi connectivity index (χ3v) is 3.51. The van der Waals surface area contributed by atoms with Crippen molar-refractivity contribution < 1.29 is 0 Å². The van der Waals surface area contributed by atoms with Crippen molar-refractivity contribution in [3.8, 4) is 0 Å². The number of thiocarbonyl (C=S) groups is 1. The predicted octanol–water partition coefficient (Wildman–Crippen LogP) is 4.73. The fraction of sp³-hybridized carbons (Fsp3) is 0.235. The van der Waals surface area contributed by atoms with Crippen molar-refractivity contribution in [2.24, 2.45) is 0 Å². The molecule has 0 heterocycles. The molecule has 0 fully saturated rings. The highest BCUT2D eigenvalue weighted by molar-refractivity contribution is 7.80. The van der Waals surface area contributed by atoms with Crippen LogP contribution in [-0.2, 0) is 0 Å². The van der Waals surface area contributed by atoms with Gasteiger partial charge in [-0.3, -0.25) is 0 Å². The van der Waals surface area contributed by atoms with Crippen LogP contribution in [0.15, 0.2) is 36.4 Å². The summed E-state index contributed by atoms with van der Waals surface area (Å²) in [5.41, 5.74) is 6.97. The second kappa shape index (κ2) is 6.06. The van der Waals surface area contributed by atoms with Crippen LogP contribution in [0.2, 0.25) is 0 Å². The van der Waals surface area contributed by atoms with Gasteiger partial charge in [-0.05, 0) is 62.7 Å². The van der Waals surface area contributed by atoms with Gasteiger partial charge in [-0.1, -0.05) is 35.9 Å². The molecule has 0 spiro atoms. The minimum atomic E-state index is 0.620. The largest absolute Gasteiger partial charge is 0.332 e. The van der Waals surface area contributed by atoms with E-state index in [9.17, 15) is 0 Å². The summed E-state index contributed by atoms with van der Waals surface area (Å²) < 4.78 is 0. The molecular weight excluding hydrogens is 264 g/mol. The van der Waals surface area contributed by atoms with E-state index < -0.39 is 0 Å². The van der Waals surface area contributed by atoms with Crippen LogP contribution in [0.5, 0.6) is 0 Å². The lowest BCUT2D eigenvalue weighted by Crippen LogP contribution is -2.20. The molecule has 0 atom stereocenters. The highest BCUT2D eigenvalue weighted by atomic mass is 32.1. The number of hydrogen-bond acceptors (Lipinski definition) is 1. The van der Waals surface area contributed by atoms with E-state index in [0.29, 0.717) is 5.11 Å². The van der Waals surface area contributed by atoms with Crippen LogP contribution in [0.3, 0.4) is 0 Å². The first-order chi connectivity index (χ1) is 9.47. The lowest BCUT2D eigenvalue weighted by atomic mass is 10.1. The van der Waals surface area contributed by atoms with E-state index in [2.05, 4.69) is 56.5 Å². The minimum Gasteiger partial charge on any atom is -0.332 e. The van der Waals surface area contributed by atoms with Crippen LogP contribution in [0, 0.1) is 27.7 Å². The molecule has 0 aliphatic heterocycles. The number of nitrogens with one attached hydrogen (secondary N) is 2. The fourth-order valence-corrected chi connectivity index (χ4v) is 2.57. The van der Waals surface area contributed by atoms with Gasteiger partial charge in [0, 0.05) is 11.4 Å². The van der Waals surface area contributed by atoms with E-state index in [1.54, 1.807) is 0 Å². The molecule has 0 aromatic heterocycles. The maximum absolute atomic E-state index is 5.41. The summed E-state index contributed by atoms with van der Waals surface area (Å²) in [7, 11) is 0. The Kier molecular flexibility index (Phi) is 4.40. The smallest absolute Gasteiger partial charge is 0.175 e. The number of hydrogen-bond donors (Lipinski definition) is 2. The zero-order valence-electron chi connectivity index (χ0n) is 12.4. The topological polar surface area (TPSA) is 24.1 Å². The van der Waals surface area contributed by atoms with Gasteiger partial charge >= 0.3 is 0 Å². The third-order valence-electron chi connectivity index (χ3n) is 3.31. The van der Waals surface area contributed by atoms with Crippen molar-refractivity contribution in [2.75, 3.05) is 10.6 Å². The molecule has 2 nitrogen and oxygen atoms in total. The van der Waals surface area contributed by atoms with Gasteiger partial charge in [0.2, 0.25) is 0 Å². The van der Waals surface area contributed by atoms with E-state index in [4.69, 9.17) is 12.2 Å². The molecule has 0 aliphatic rings. The number of benzene rings is 2. The molecule has 2 rings (SSSR count). The van der Waals surface area contributed by atoms with Crippen LogP contribution in [-0.4, -0.2) is 5.11 Å². The summed E-state index contributed by atoms with van der Waals surface area (Å²) in [6, 6.07) is 12.4.